The summed E-state index contributed by atoms with van der Waals surface area (Å²) in [7, 11) is 0. The van der Waals surface area contributed by atoms with Crippen molar-refractivity contribution in [1.29, 1.82) is 0 Å². The van der Waals surface area contributed by atoms with E-state index in [2.05, 4.69) is 50.6 Å². The van der Waals surface area contributed by atoms with Crippen molar-refractivity contribution in [3.05, 3.63) is 74.4 Å². The Morgan fingerprint density at radius 1 is 1.00 bits per heavy atom. The van der Waals surface area contributed by atoms with E-state index < -0.39 is 0 Å². The summed E-state index contributed by atoms with van der Waals surface area (Å²) in [4.78, 5) is 1.20. The van der Waals surface area contributed by atoms with E-state index in [9.17, 15) is 0 Å². The molecule has 6 rings (SSSR count). The smallest absolute Gasteiger partial charge is 0.231 e. The van der Waals surface area contributed by atoms with Crippen LogP contribution in [0.4, 0.5) is 0 Å². The van der Waals surface area contributed by atoms with Crippen LogP contribution in [0.1, 0.15) is 34.7 Å². The van der Waals surface area contributed by atoms with Crippen LogP contribution in [0.25, 0.3) is 0 Å². The van der Waals surface area contributed by atoms with Crippen molar-refractivity contribution in [3.8, 4) is 17.2 Å². The molecule has 0 unspecified atom stereocenters. The Morgan fingerprint density at radius 3 is 2.71 bits per heavy atom. The predicted octanol–water partition coefficient (Wildman–Crippen LogP) is 5.48. The molecule has 3 aromatic rings. The number of rotatable bonds is 2. The third kappa shape index (κ3) is 2.46. The van der Waals surface area contributed by atoms with Gasteiger partial charge in [-0.1, -0.05) is 40.2 Å². The Bertz CT molecular complexity index is 1100. The van der Waals surface area contributed by atoms with E-state index in [0.29, 0.717) is 0 Å². The Hall–Kier alpha value is -2.51. The Kier molecular flexibility index (Phi) is 3.67. The summed E-state index contributed by atoms with van der Waals surface area (Å²) in [6.07, 6.45) is 0.515. The van der Waals surface area contributed by atoms with Gasteiger partial charge in [0.25, 0.3) is 0 Å². The molecule has 0 aliphatic carbocycles. The standard InChI is InChI=1S/C21H15BrN2O3S/c22-14-9-19-18(25-11-26-19)8-13(14)21-24-16(12-4-1-2-5-17(12)27-21)10-15(23-24)20-6-3-7-28-20/h1-9,16,21H,10-11H2/t16-,21+/m0/s1. The fraction of sp³-hybridized carbons (Fsp3) is 0.190. The first-order valence-electron chi connectivity index (χ1n) is 9.02. The van der Waals surface area contributed by atoms with Gasteiger partial charge in [-0.05, 0) is 29.6 Å². The van der Waals surface area contributed by atoms with Crippen molar-refractivity contribution in [1.82, 2.24) is 5.01 Å². The van der Waals surface area contributed by atoms with Gasteiger partial charge in [-0.15, -0.1) is 11.3 Å². The maximum Gasteiger partial charge on any atom is 0.231 e. The van der Waals surface area contributed by atoms with Crippen LogP contribution in [0.3, 0.4) is 0 Å². The van der Waals surface area contributed by atoms with E-state index in [1.807, 2.05) is 24.3 Å². The van der Waals surface area contributed by atoms with Crippen LogP contribution in [-0.2, 0) is 0 Å². The lowest BCUT2D eigenvalue weighted by Gasteiger charge is -2.38. The largest absolute Gasteiger partial charge is 0.464 e. The van der Waals surface area contributed by atoms with E-state index in [-0.39, 0.29) is 19.1 Å². The molecule has 3 aliphatic rings. The van der Waals surface area contributed by atoms with Gasteiger partial charge in [0.15, 0.2) is 11.5 Å². The normalized spacial score (nSPS) is 21.8. The molecule has 1 aromatic heterocycles. The molecule has 0 amide bonds. The lowest BCUT2D eigenvalue weighted by molar-refractivity contribution is -0.0195. The number of benzene rings is 2. The number of hydrogen-bond acceptors (Lipinski definition) is 6. The summed E-state index contributed by atoms with van der Waals surface area (Å²) >= 11 is 5.41. The van der Waals surface area contributed by atoms with E-state index in [1.54, 1.807) is 11.3 Å². The van der Waals surface area contributed by atoms with Crippen LogP contribution in [-0.4, -0.2) is 17.5 Å². The Morgan fingerprint density at radius 2 is 1.86 bits per heavy atom. The first kappa shape index (κ1) is 16.4. The molecule has 0 bridgehead atoms. The van der Waals surface area contributed by atoms with Crippen molar-refractivity contribution >= 4 is 33.0 Å². The lowest BCUT2D eigenvalue weighted by atomic mass is 9.97. The maximum absolute atomic E-state index is 6.43. The predicted molar refractivity (Wildman–Crippen MR) is 110 cm³/mol. The number of hydrazone groups is 1. The van der Waals surface area contributed by atoms with Gasteiger partial charge in [0.2, 0.25) is 13.0 Å². The van der Waals surface area contributed by atoms with Crippen molar-refractivity contribution in [3.63, 3.8) is 0 Å². The van der Waals surface area contributed by atoms with E-state index >= 15 is 0 Å². The zero-order chi connectivity index (χ0) is 18.7. The molecule has 0 saturated carbocycles. The maximum atomic E-state index is 6.43. The molecule has 28 heavy (non-hydrogen) atoms. The topological polar surface area (TPSA) is 43.3 Å². The van der Waals surface area contributed by atoms with Crippen LogP contribution in [0, 0.1) is 0 Å². The minimum atomic E-state index is -0.346. The highest BCUT2D eigenvalue weighted by Crippen LogP contribution is 2.50. The summed E-state index contributed by atoms with van der Waals surface area (Å²) in [6.45, 7) is 0.243. The molecule has 0 N–H and O–H groups in total. The zero-order valence-electron chi connectivity index (χ0n) is 14.7. The van der Waals surface area contributed by atoms with Gasteiger partial charge in [-0.3, -0.25) is 0 Å². The van der Waals surface area contributed by atoms with Gasteiger partial charge in [0.1, 0.15) is 5.75 Å². The summed E-state index contributed by atoms with van der Waals surface area (Å²) < 4.78 is 18.4. The molecule has 0 saturated heterocycles. The molecule has 5 nitrogen and oxygen atoms in total. The lowest BCUT2D eigenvalue weighted by Crippen LogP contribution is -2.33. The van der Waals surface area contributed by atoms with Crippen molar-refractivity contribution in [2.45, 2.75) is 18.7 Å². The minimum Gasteiger partial charge on any atom is -0.464 e. The average molecular weight is 455 g/mol. The van der Waals surface area contributed by atoms with E-state index in [4.69, 9.17) is 19.3 Å². The molecular formula is C21H15BrN2O3S. The fourth-order valence-corrected chi connectivity index (χ4v) is 5.19. The highest BCUT2D eigenvalue weighted by Gasteiger charge is 2.42. The Balaban J connectivity index is 1.48. The van der Waals surface area contributed by atoms with Crippen LogP contribution in [0.5, 0.6) is 17.2 Å². The third-order valence-corrected chi connectivity index (χ3v) is 6.87. The number of halogens is 1. The van der Waals surface area contributed by atoms with Crippen LogP contribution >= 0.6 is 27.3 Å². The van der Waals surface area contributed by atoms with Crippen molar-refractivity contribution in [2.24, 2.45) is 5.10 Å². The van der Waals surface area contributed by atoms with Gasteiger partial charge in [-0.2, -0.15) is 5.10 Å². The molecule has 0 spiro atoms. The second-order valence-electron chi connectivity index (χ2n) is 6.86. The highest BCUT2D eigenvalue weighted by molar-refractivity contribution is 9.10. The molecule has 7 heteroatoms. The number of nitrogens with zero attached hydrogens (tertiary/aromatic N) is 2. The summed E-state index contributed by atoms with van der Waals surface area (Å²) in [5, 5.41) is 9.16. The number of ether oxygens (including phenoxy) is 3. The average Bonchev–Trinajstić information content (AvgIpc) is 3.45. The zero-order valence-corrected chi connectivity index (χ0v) is 17.1. The second-order valence-corrected chi connectivity index (χ2v) is 8.66. The summed E-state index contributed by atoms with van der Waals surface area (Å²) in [5.41, 5.74) is 3.24. The number of thiophene rings is 1. The first-order valence-corrected chi connectivity index (χ1v) is 10.7. The van der Waals surface area contributed by atoms with Crippen molar-refractivity contribution in [2.75, 3.05) is 6.79 Å². The van der Waals surface area contributed by atoms with Gasteiger partial charge in [-0.25, -0.2) is 5.01 Å². The van der Waals surface area contributed by atoms with Gasteiger partial charge >= 0.3 is 0 Å². The van der Waals surface area contributed by atoms with Gasteiger partial charge in [0.05, 0.1) is 16.6 Å². The molecule has 2 aromatic carbocycles. The monoisotopic (exact) mass is 454 g/mol. The van der Waals surface area contributed by atoms with E-state index in [1.165, 1.54) is 10.4 Å². The molecule has 3 aliphatic heterocycles. The fourth-order valence-electron chi connectivity index (χ4n) is 3.95. The molecular weight excluding hydrogens is 440 g/mol. The van der Waals surface area contributed by atoms with E-state index in [0.717, 1.165) is 39.4 Å². The molecule has 2 atom stereocenters. The summed E-state index contributed by atoms with van der Waals surface area (Å²) in [5.74, 6) is 2.38. The van der Waals surface area contributed by atoms with Crippen LogP contribution in [0.2, 0.25) is 0 Å². The second kappa shape index (κ2) is 6.25. The van der Waals surface area contributed by atoms with Gasteiger partial charge < -0.3 is 14.2 Å². The summed E-state index contributed by atoms with van der Waals surface area (Å²) in [6, 6.07) is 16.5. The minimum absolute atomic E-state index is 0.143. The Labute approximate surface area is 174 Å². The number of para-hydroxylation sites is 1. The van der Waals surface area contributed by atoms with Crippen LogP contribution < -0.4 is 14.2 Å². The number of hydrogen-bond donors (Lipinski definition) is 0. The third-order valence-electron chi connectivity index (χ3n) is 5.26. The molecule has 4 heterocycles. The molecule has 0 radical (unpaired) electrons. The van der Waals surface area contributed by atoms with Gasteiger partial charge in [0, 0.05) is 22.0 Å². The molecule has 0 fully saturated rings. The van der Waals surface area contributed by atoms with Crippen molar-refractivity contribution < 1.29 is 14.2 Å². The number of fused-ring (bicyclic) bond motifs is 4. The molecule has 140 valence electrons. The SMILES string of the molecule is Brc1cc2c(cc1[C@H]1Oc3ccccc3[C@@H]3CC(c4cccs4)=NN13)OCO2. The quantitative estimate of drug-likeness (QED) is 0.513. The highest BCUT2D eigenvalue weighted by atomic mass is 79.9. The first-order chi connectivity index (χ1) is 13.8. The van der Waals surface area contributed by atoms with Crippen LogP contribution in [0.15, 0.2) is 63.5 Å².